The van der Waals surface area contributed by atoms with Crippen molar-refractivity contribution in [2.24, 2.45) is 7.05 Å². The molecule has 0 saturated heterocycles. The maximum absolute atomic E-state index is 12.0. The number of anilines is 1. The Hall–Kier alpha value is -2.02. The van der Waals surface area contributed by atoms with Crippen molar-refractivity contribution in [3.63, 3.8) is 0 Å². The topological polar surface area (TPSA) is 84.2 Å². The summed E-state index contributed by atoms with van der Waals surface area (Å²) in [6.07, 6.45) is 2.69. The molecule has 0 aliphatic heterocycles. The van der Waals surface area contributed by atoms with Crippen molar-refractivity contribution in [3.8, 4) is 5.75 Å². The highest BCUT2D eigenvalue weighted by atomic mass is 32.2. The molecule has 6 nitrogen and oxygen atoms in total. The van der Waals surface area contributed by atoms with E-state index in [0.29, 0.717) is 11.3 Å². The van der Waals surface area contributed by atoms with Crippen molar-refractivity contribution in [3.05, 3.63) is 36.2 Å². The minimum absolute atomic E-state index is 0.0943. The van der Waals surface area contributed by atoms with Gasteiger partial charge in [0.25, 0.3) is 10.0 Å². The van der Waals surface area contributed by atoms with Crippen LogP contribution in [0.2, 0.25) is 0 Å². The molecule has 0 unspecified atom stereocenters. The van der Waals surface area contributed by atoms with Crippen molar-refractivity contribution in [2.45, 2.75) is 11.8 Å². The van der Waals surface area contributed by atoms with Gasteiger partial charge in [0.15, 0.2) is 0 Å². The Kier molecular flexibility index (Phi) is 3.00. The number of rotatable bonds is 3. The van der Waals surface area contributed by atoms with Gasteiger partial charge in [0.2, 0.25) is 0 Å². The van der Waals surface area contributed by atoms with Gasteiger partial charge < -0.3 is 5.11 Å². The number of hydrogen-bond donors (Lipinski definition) is 2. The zero-order valence-electron chi connectivity index (χ0n) is 9.95. The monoisotopic (exact) mass is 267 g/mol. The zero-order valence-corrected chi connectivity index (χ0v) is 10.8. The number of phenolic OH excluding ortho intramolecular Hbond substituents is 1. The highest BCUT2D eigenvalue weighted by molar-refractivity contribution is 7.92. The molecule has 18 heavy (non-hydrogen) atoms. The summed E-state index contributed by atoms with van der Waals surface area (Å²) < 4.78 is 27.9. The molecule has 1 aromatic carbocycles. The molecule has 0 fully saturated rings. The Morgan fingerprint density at radius 1 is 1.39 bits per heavy atom. The fourth-order valence-electron chi connectivity index (χ4n) is 1.50. The second-order valence-corrected chi connectivity index (χ2v) is 5.64. The largest absolute Gasteiger partial charge is 0.508 e. The van der Waals surface area contributed by atoms with Gasteiger partial charge in [-0.2, -0.15) is 5.10 Å². The number of sulfonamides is 1. The third-order valence-electron chi connectivity index (χ3n) is 2.45. The SMILES string of the molecule is Cc1cc(O)ccc1NS(=O)(=O)c1cnn(C)c1. The maximum Gasteiger partial charge on any atom is 0.265 e. The fraction of sp³-hybridized carbons (Fsp3) is 0.182. The van der Waals surface area contributed by atoms with Crippen LogP contribution in [0, 0.1) is 6.92 Å². The van der Waals surface area contributed by atoms with Crippen LogP contribution in [-0.2, 0) is 17.1 Å². The average molecular weight is 267 g/mol. The Morgan fingerprint density at radius 2 is 2.11 bits per heavy atom. The maximum atomic E-state index is 12.0. The molecule has 0 amide bonds. The van der Waals surface area contributed by atoms with Gasteiger partial charge in [-0.25, -0.2) is 8.42 Å². The standard InChI is InChI=1S/C11H13N3O3S/c1-8-5-9(15)3-4-11(8)13-18(16,17)10-6-12-14(2)7-10/h3-7,13,15H,1-2H3. The third-order valence-corrected chi connectivity index (χ3v) is 3.77. The van der Waals surface area contributed by atoms with E-state index in [1.165, 1.54) is 35.3 Å². The molecular weight excluding hydrogens is 254 g/mol. The van der Waals surface area contributed by atoms with E-state index in [0.717, 1.165) is 0 Å². The first kappa shape index (κ1) is 12.4. The number of nitrogens with zero attached hydrogens (tertiary/aromatic N) is 2. The van der Waals surface area contributed by atoms with Gasteiger partial charge in [-0.3, -0.25) is 9.40 Å². The van der Waals surface area contributed by atoms with E-state index < -0.39 is 10.0 Å². The number of aryl methyl sites for hydroxylation is 2. The Balaban J connectivity index is 2.33. The molecule has 0 aliphatic carbocycles. The molecule has 0 bridgehead atoms. The lowest BCUT2D eigenvalue weighted by atomic mass is 10.2. The summed E-state index contributed by atoms with van der Waals surface area (Å²) in [5.74, 6) is 0.0943. The number of benzene rings is 1. The van der Waals surface area contributed by atoms with Crippen molar-refractivity contribution in [1.82, 2.24) is 9.78 Å². The smallest absolute Gasteiger partial charge is 0.265 e. The fourth-order valence-corrected chi connectivity index (χ4v) is 2.62. The minimum atomic E-state index is -3.64. The van der Waals surface area contributed by atoms with Gasteiger partial charge in [-0.05, 0) is 30.7 Å². The molecule has 7 heteroatoms. The quantitative estimate of drug-likeness (QED) is 0.819. The van der Waals surface area contributed by atoms with Gasteiger partial charge in [0.05, 0.1) is 11.9 Å². The van der Waals surface area contributed by atoms with Crippen LogP contribution in [0.3, 0.4) is 0 Å². The predicted molar refractivity (Wildman–Crippen MR) is 66.9 cm³/mol. The summed E-state index contributed by atoms with van der Waals surface area (Å²) in [5, 5.41) is 13.1. The van der Waals surface area contributed by atoms with Crippen LogP contribution < -0.4 is 4.72 Å². The summed E-state index contributed by atoms with van der Waals surface area (Å²) in [7, 11) is -2.00. The number of aromatic hydroxyl groups is 1. The van der Waals surface area contributed by atoms with Gasteiger partial charge >= 0.3 is 0 Å². The van der Waals surface area contributed by atoms with Crippen LogP contribution in [0.25, 0.3) is 0 Å². The summed E-state index contributed by atoms with van der Waals surface area (Å²) in [5.41, 5.74) is 1.07. The van der Waals surface area contributed by atoms with Crippen molar-refractivity contribution in [2.75, 3.05) is 4.72 Å². The first-order chi connectivity index (χ1) is 8.38. The molecule has 2 aromatic rings. The molecule has 0 saturated carbocycles. The lowest BCUT2D eigenvalue weighted by Gasteiger charge is -2.09. The normalized spacial score (nSPS) is 11.4. The molecule has 2 rings (SSSR count). The van der Waals surface area contributed by atoms with Crippen LogP contribution in [0.5, 0.6) is 5.75 Å². The minimum Gasteiger partial charge on any atom is -0.508 e. The molecular formula is C11H13N3O3S. The van der Waals surface area contributed by atoms with Gasteiger partial charge in [0.1, 0.15) is 10.6 Å². The third kappa shape index (κ3) is 2.45. The summed E-state index contributed by atoms with van der Waals surface area (Å²) in [6.45, 7) is 1.71. The molecule has 0 spiro atoms. The summed E-state index contributed by atoms with van der Waals surface area (Å²) in [4.78, 5) is 0.0949. The first-order valence-corrected chi connectivity index (χ1v) is 6.68. The number of hydrogen-bond acceptors (Lipinski definition) is 4. The average Bonchev–Trinajstić information content (AvgIpc) is 2.70. The predicted octanol–water partition coefficient (Wildman–Crippen LogP) is 1.23. The lowest BCUT2D eigenvalue weighted by molar-refractivity contribution is 0.475. The summed E-state index contributed by atoms with van der Waals surface area (Å²) >= 11 is 0. The Morgan fingerprint density at radius 3 is 2.67 bits per heavy atom. The first-order valence-electron chi connectivity index (χ1n) is 5.19. The molecule has 0 atom stereocenters. The van der Waals surface area contributed by atoms with Crippen molar-refractivity contribution >= 4 is 15.7 Å². The summed E-state index contributed by atoms with van der Waals surface area (Å²) in [6, 6.07) is 4.42. The van der Waals surface area contributed by atoms with Crippen LogP contribution in [-0.4, -0.2) is 23.3 Å². The number of aromatic nitrogens is 2. The van der Waals surface area contributed by atoms with Crippen molar-refractivity contribution in [1.29, 1.82) is 0 Å². The second kappa shape index (κ2) is 4.34. The lowest BCUT2D eigenvalue weighted by Crippen LogP contribution is -2.13. The number of nitrogens with one attached hydrogen (secondary N) is 1. The van der Waals surface area contributed by atoms with E-state index >= 15 is 0 Å². The molecule has 0 aliphatic rings. The molecule has 1 heterocycles. The van der Waals surface area contributed by atoms with Crippen LogP contribution in [0.4, 0.5) is 5.69 Å². The molecule has 1 aromatic heterocycles. The molecule has 96 valence electrons. The van der Waals surface area contributed by atoms with Crippen molar-refractivity contribution < 1.29 is 13.5 Å². The van der Waals surface area contributed by atoms with Gasteiger partial charge in [-0.15, -0.1) is 0 Å². The molecule has 2 N–H and O–H groups in total. The van der Waals surface area contributed by atoms with Crippen LogP contribution in [0.1, 0.15) is 5.56 Å². The van der Waals surface area contributed by atoms with Gasteiger partial charge in [0, 0.05) is 13.2 Å². The van der Waals surface area contributed by atoms with E-state index in [2.05, 4.69) is 9.82 Å². The van der Waals surface area contributed by atoms with E-state index in [9.17, 15) is 13.5 Å². The Labute approximate surface area is 105 Å². The van der Waals surface area contributed by atoms with E-state index in [1.807, 2.05) is 0 Å². The van der Waals surface area contributed by atoms with E-state index in [1.54, 1.807) is 14.0 Å². The van der Waals surface area contributed by atoms with E-state index in [-0.39, 0.29) is 10.6 Å². The highest BCUT2D eigenvalue weighted by Crippen LogP contribution is 2.22. The Bertz CT molecular complexity index is 677. The second-order valence-electron chi connectivity index (χ2n) is 3.95. The zero-order chi connectivity index (χ0) is 13.3. The van der Waals surface area contributed by atoms with Crippen LogP contribution >= 0.6 is 0 Å². The number of phenols is 1. The molecule has 0 radical (unpaired) electrons. The van der Waals surface area contributed by atoms with Crippen LogP contribution in [0.15, 0.2) is 35.5 Å². The van der Waals surface area contributed by atoms with Gasteiger partial charge in [-0.1, -0.05) is 0 Å². The highest BCUT2D eigenvalue weighted by Gasteiger charge is 2.17. The van der Waals surface area contributed by atoms with E-state index in [4.69, 9.17) is 0 Å².